The smallest absolute Gasteiger partial charge is 0.192 e. The molecule has 0 aliphatic heterocycles. The van der Waals surface area contributed by atoms with Crippen LogP contribution in [0.25, 0.3) is 0 Å². The molecule has 0 bridgehead atoms. The molecule has 1 nitrogen and oxygen atoms in total. The van der Waals surface area contributed by atoms with E-state index in [1.807, 2.05) is 0 Å². The molecule has 3 heteroatoms. The minimum Gasteiger partial charge on any atom is -0.459 e. The lowest BCUT2D eigenvalue weighted by molar-refractivity contribution is 0.613. The van der Waals surface area contributed by atoms with Crippen molar-refractivity contribution in [2.75, 3.05) is 0 Å². The van der Waals surface area contributed by atoms with Crippen molar-refractivity contribution in [2.45, 2.75) is 25.9 Å². The summed E-state index contributed by atoms with van der Waals surface area (Å²) in [6, 6.07) is 10.6. The number of benzene rings is 1. The van der Waals surface area contributed by atoms with Crippen molar-refractivity contribution in [1.82, 2.24) is 0 Å². The molecule has 1 aromatic carbocycles. The van der Waals surface area contributed by atoms with Gasteiger partial charge in [-0.3, -0.25) is 0 Å². The van der Waals surface area contributed by atoms with Crippen molar-refractivity contribution in [3.05, 3.63) is 30.3 Å². The average Bonchev–Trinajstić information content (AvgIpc) is 2.15. The monoisotopic (exact) mass is 210 g/mol. The van der Waals surface area contributed by atoms with Gasteiger partial charge in [-0.05, 0) is 17.3 Å². The van der Waals surface area contributed by atoms with Crippen molar-refractivity contribution in [3.8, 4) is 0 Å². The van der Waals surface area contributed by atoms with Gasteiger partial charge in [0.05, 0.1) is 0 Å². The van der Waals surface area contributed by atoms with Crippen molar-refractivity contribution in [3.63, 3.8) is 0 Å². The number of hydrogen-bond donors (Lipinski definition) is 0. The highest BCUT2D eigenvalue weighted by atomic mass is 28.3. The third kappa shape index (κ3) is 3.89. The molecule has 0 saturated carbocycles. The van der Waals surface area contributed by atoms with Gasteiger partial charge >= 0.3 is 0 Å². The van der Waals surface area contributed by atoms with E-state index in [0.717, 1.165) is 5.54 Å². The molecule has 0 fully saturated rings. The molecule has 1 aromatic rings. The topological polar surface area (TPSA) is 9.23 Å². The molecule has 72 valence electrons. The van der Waals surface area contributed by atoms with Crippen molar-refractivity contribution in [1.29, 1.82) is 0 Å². The normalized spacial score (nSPS) is 14.2. The summed E-state index contributed by atoms with van der Waals surface area (Å²) >= 11 is 0. The van der Waals surface area contributed by atoms with E-state index in [0.29, 0.717) is 0 Å². The fraction of sp³-hybridized carbons (Fsp3) is 0.400. The Bertz CT molecular complexity index is 236. The van der Waals surface area contributed by atoms with E-state index in [4.69, 9.17) is 4.12 Å². The van der Waals surface area contributed by atoms with Gasteiger partial charge in [-0.25, -0.2) is 0 Å². The lowest BCUT2D eigenvalue weighted by atomic mass is 10.4. The molecule has 13 heavy (non-hydrogen) atoms. The lowest BCUT2D eigenvalue weighted by Gasteiger charge is -2.13. The van der Waals surface area contributed by atoms with Gasteiger partial charge < -0.3 is 4.12 Å². The Hall–Kier alpha value is -0.386. The van der Waals surface area contributed by atoms with E-state index < -0.39 is 9.04 Å². The van der Waals surface area contributed by atoms with Crippen LogP contribution in [-0.2, 0) is 4.12 Å². The van der Waals surface area contributed by atoms with Crippen molar-refractivity contribution < 1.29 is 4.12 Å². The third-order valence-electron chi connectivity index (χ3n) is 1.95. The molecule has 0 aromatic heterocycles. The Morgan fingerprint density at radius 3 is 2.38 bits per heavy atom. The van der Waals surface area contributed by atoms with E-state index in [1.165, 1.54) is 5.19 Å². The summed E-state index contributed by atoms with van der Waals surface area (Å²) in [5, 5.41) is 1.43. The zero-order chi connectivity index (χ0) is 9.68. The second kappa shape index (κ2) is 5.37. The SMILES string of the molecule is CC(C)[SiH2]O[SiH](C)c1ccccc1. The van der Waals surface area contributed by atoms with Crippen LogP contribution >= 0.6 is 0 Å². The van der Waals surface area contributed by atoms with Crippen molar-refractivity contribution in [2.24, 2.45) is 0 Å². The van der Waals surface area contributed by atoms with Gasteiger partial charge in [0, 0.05) is 0 Å². The largest absolute Gasteiger partial charge is 0.459 e. The Morgan fingerprint density at radius 2 is 1.85 bits per heavy atom. The van der Waals surface area contributed by atoms with Crippen LogP contribution in [-0.4, -0.2) is 18.8 Å². The first-order valence-corrected chi connectivity index (χ1v) is 8.46. The second-order valence-electron chi connectivity index (χ2n) is 3.78. The minimum absolute atomic E-state index is 0.283. The lowest BCUT2D eigenvalue weighted by Crippen LogP contribution is -2.31. The van der Waals surface area contributed by atoms with Gasteiger partial charge in [0.2, 0.25) is 0 Å². The first kappa shape index (κ1) is 10.7. The van der Waals surface area contributed by atoms with Crippen LogP contribution in [0.2, 0.25) is 12.1 Å². The molecule has 1 rings (SSSR count). The third-order valence-corrected chi connectivity index (χ3v) is 6.71. The van der Waals surface area contributed by atoms with Gasteiger partial charge in [0.25, 0.3) is 0 Å². The Morgan fingerprint density at radius 1 is 1.23 bits per heavy atom. The summed E-state index contributed by atoms with van der Waals surface area (Å²) in [4.78, 5) is 0. The molecule has 1 unspecified atom stereocenters. The molecule has 1 atom stereocenters. The molecule has 0 heterocycles. The highest BCUT2D eigenvalue weighted by Crippen LogP contribution is 1.99. The van der Waals surface area contributed by atoms with Crippen LogP contribution in [0.3, 0.4) is 0 Å². The van der Waals surface area contributed by atoms with Gasteiger partial charge in [-0.15, -0.1) is 0 Å². The summed E-state index contributed by atoms with van der Waals surface area (Å²) in [5.41, 5.74) is 0.777. The zero-order valence-corrected chi connectivity index (χ0v) is 11.2. The van der Waals surface area contributed by atoms with E-state index in [2.05, 4.69) is 50.7 Å². The first-order valence-electron chi connectivity index (χ1n) is 4.86. The maximum atomic E-state index is 5.97. The Kier molecular flexibility index (Phi) is 4.41. The fourth-order valence-electron chi connectivity index (χ4n) is 1.16. The molecular formula is C10H18OSi2. The summed E-state index contributed by atoms with van der Waals surface area (Å²) in [7, 11) is -1.34. The Balaban J connectivity index is 2.44. The minimum atomic E-state index is -1.05. The number of hydrogen-bond acceptors (Lipinski definition) is 1. The molecule has 0 radical (unpaired) electrons. The molecule has 0 aliphatic carbocycles. The summed E-state index contributed by atoms with van der Waals surface area (Å²) in [5.74, 6) is 0. The Labute approximate surface area is 84.8 Å². The molecule has 0 N–H and O–H groups in total. The predicted octanol–water partition coefficient (Wildman–Crippen LogP) is 1.18. The summed E-state index contributed by atoms with van der Waals surface area (Å²) in [6.07, 6.45) is 0. The average molecular weight is 210 g/mol. The van der Waals surface area contributed by atoms with Crippen LogP contribution < -0.4 is 5.19 Å². The zero-order valence-electron chi connectivity index (χ0n) is 8.66. The molecule has 0 aliphatic rings. The standard InChI is InChI=1S/C10H18OSi2/c1-9(2)12-11-13(3)10-7-5-4-6-8-10/h4-9,13H,12H2,1-3H3. The van der Waals surface area contributed by atoms with Gasteiger partial charge in [0.15, 0.2) is 9.04 Å². The van der Waals surface area contributed by atoms with Crippen LogP contribution in [0.1, 0.15) is 13.8 Å². The molecule has 0 spiro atoms. The quantitative estimate of drug-likeness (QED) is 0.678. The van der Waals surface area contributed by atoms with Crippen LogP contribution in [0, 0.1) is 0 Å². The van der Waals surface area contributed by atoms with E-state index >= 15 is 0 Å². The molecule has 0 saturated heterocycles. The van der Waals surface area contributed by atoms with Gasteiger partial charge in [-0.1, -0.05) is 44.2 Å². The van der Waals surface area contributed by atoms with Crippen LogP contribution in [0.5, 0.6) is 0 Å². The predicted molar refractivity (Wildman–Crippen MR) is 63.8 cm³/mol. The van der Waals surface area contributed by atoms with E-state index in [-0.39, 0.29) is 9.76 Å². The van der Waals surface area contributed by atoms with Crippen LogP contribution in [0.4, 0.5) is 0 Å². The first-order chi connectivity index (χ1) is 6.20. The molecular weight excluding hydrogens is 192 g/mol. The summed E-state index contributed by atoms with van der Waals surface area (Å²) in [6.45, 7) is 6.77. The van der Waals surface area contributed by atoms with E-state index in [1.54, 1.807) is 0 Å². The fourth-order valence-corrected chi connectivity index (χ4v) is 5.39. The van der Waals surface area contributed by atoms with Gasteiger partial charge in [-0.2, -0.15) is 0 Å². The number of rotatable bonds is 4. The maximum absolute atomic E-state index is 5.97. The highest BCUT2D eigenvalue weighted by Gasteiger charge is 2.07. The maximum Gasteiger partial charge on any atom is 0.192 e. The second-order valence-corrected chi connectivity index (χ2v) is 9.03. The highest BCUT2D eigenvalue weighted by molar-refractivity contribution is 6.70. The van der Waals surface area contributed by atoms with Gasteiger partial charge in [0.1, 0.15) is 9.76 Å². The summed E-state index contributed by atoms with van der Waals surface area (Å²) < 4.78 is 5.97. The van der Waals surface area contributed by atoms with Crippen molar-refractivity contribution >= 4 is 24.0 Å². The van der Waals surface area contributed by atoms with E-state index in [9.17, 15) is 0 Å². The molecule has 0 amide bonds. The van der Waals surface area contributed by atoms with Crippen LogP contribution in [0.15, 0.2) is 30.3 Å².